The van der Waals surface area contributed by atoms with E-state index >= 15 is 0 Å². The fraction of sp³-hybridized carbons (Fsp3) is 0.200. The second-order valence-corrected chi connectivity index (χ2v) is 5.02. The Hall–Kier alpha value is -1.58. The third kappa shape index (κ3) is 3.69. The second kappa shape index (κ2) is 6.04. The van der Waals surface area contributed by atoms with Crippen LogP contribution in [-0.2, 0) is 13.1 Å². The number of halogens is 2. The first-order valence-electron chi connectivity index (χ1n) is 6.02. The van der Waals surface area contributed by atoms with Gasteiger partial charge in [0.25, 0.3) is 0 Å². The summed E-state index contributed by atoms with van der Waals surface area (Å²) in [6, 6.07) is 12.2. The van der Waals surface area contributed by atoms with Crippen LogP contribution in [0.5, 0.6) is 0 Å². The number of hydrogen-bond acceptors (Lipinski definition) is 2. The standard InChI is InChI=1S/C15H16ClFN2/c1-19(10-12-4-2-3-5-15(12)17)9-11-6-7-13(18)8-14(11)16/h2-8H,9-10,18H2,1H3. The number of nitrogens with zero attached hydrogens (tertiary/aromatic N) is 1. The number of nitrogen functional groups attached to an aromatic ring is 1. The number of nitrogens with two attached hydrogens (primary N) is 1. The van der Waals surface area contributed by atoms with Gasteiger partial charge in [0.15, 0.2) is 0 Å². The summed E-state index contributed by atoms with van der Waals surface area (Å²) in [6.45, 7) is 1.18. The molecule has 0 spiro atoms. The van der Waals surface area contributed by atoms with Crippen LogP contribution in [0.25, 0.3) is 0 Å². The van der Waals surface area contributed by atoms with Gasteiger partial charge in [-0.1, -0.05) is 35.9 Å². The molecular formula is C15H16ClFN2. The first-order valence-corrected chi connectivity index (χ1v) is 6.40. The Morgan fingerprint density at radius 3 is 2.47 bits per heavy atom. The van der Waals surface area contributed by atoms with Crippen LogP contribution in [0.2, 0.25) is 5.02 Å². The van der Waals surface area contributed by atoms with Gasteiger partial charge in [-0.05, 0) is 30.8 Å². The van der Waals surface area contributed by atoms with E-state index in [9.17, 15) is 4.39 Å². The highest BCUT2D eigenvalue weighted by Crippen LogP contribution is 2.21. The van der Waals surface area contributed by atoms with Gasteiger partial charge in [-0.25, -0.2) is 4.39 Å². The summed E-state index contributed by atoms with van der Waals surface area (Å²) in [5.41, 5.74) is 7.96. The fourth-order valence-electron chi connectivity index (χ4n) is 1.96. The third-order valence-corrected chi connectivity index (χ3v) is 3.27. The summed E-state index contributed by atoms with van der Waals surface area (Å²) < 4.78 is 13.6. The molecule has 0 saturated heterocycles. The highest BCUT2D eigenvalue weighted by atomic mass is 35.5. The molecule has 0 aliphatic heterocycles. The zero-order valence-corrected chi connectivity index (χ0v) is 11.5. The lowest BCUT2D eigenvalue weighted by atomic mass is 10.1. The van der Waals surface area contributed by atoms with E-state index in [2.05, 4.69) is 0 Å². The Morgan fingerprint density at radius 1 is 1.11 bits per heavy atom. The van der Waals surface area contributed by atoms with E-state index in [0.29, 0.717) is 29.4 Å². The molecule has 0 aromatic heterocycles. The summed E-state index contributed by atoms with van der Waals surface area (Å²) in [5, 5.41) is 0.639. The van der Waals surface area contributed by atoms with Crippen LogP contribution in [0.4, 0.5) is 10.1 Å². The molecule has 2 nitrogen and oxygen atoms in total. The Kier molecular flexibility index (Phi) is 4.40. The average molecular weight is 279 g/mol. The van der Waals surface area contributed by atoms with Gasteiger partial charge in [0, 0.05) is 29.4 Å². The van der Waals surface area contributed by atoms with Crippen LogP contribution in [0, 0.1) is 5.82 Å². The van der Waals surface area contributed by atoms with E-state index in [1.165, 1.54) is 6.07 Å². The van der Waals surface area contributed by atoms with Crippen molar-refractivity contribution in [1.29, 1.82) is 0 Å². The molecule has 19 heavy (non-hydrogen) atoms. The van der Waals surface area contributed by atoms with Crippen LogP contribution in [0.3, 0.4) is 0 Å². The molecular weight excluding hydrogens is 263 g/mol. The van der Waals surface area contributed by atoms with Crippen molar-refractivity contribution in [2.24, 2.45) is 0 Å². The van der Waals surface area contributed by atoms with E-state index in [0.717, 1.165) is 5.56 Å². The topological polar surface area (TPSA) is 29.3 Å². The van der Waals surface area contributed by atoms with Crippen molar-refractivity contribution in [1.82, 2.24) is 4.90 Å². The minimum Gasteiger partial charge on any atom is -0.399 e. The van der Waals surface area contributed by atoms with Crippen molar-refractivity contribution in [3.8, 4) is 0 Å². The van der Waals surface area contributed by atoms with Crippen LogP contribution >= 0.6 is 11.6 Å². The van der Waals surface area contributed by atoms with Gasteiger partial charge in [-0.15, -0.1) is 0 Å². The number of hydrogen-bond donors (Lipinski definition) is 1. The Balaban J connectivity index is 2.05. The number of anilines is 1. The predicted octanol–water partition coefficient (Wildman–Crippen LogP) is 3.69. The SMILES string of the molecule is CN(Cc1ccccc1F)Cc1ccc(N)cc1Cl. The van der Waals surface area contributed by atoms with Crippen molar-refractivity contribution in [3.05, 3.63) is 64.4 Å². The molecule has 0 saturated carbocycles. The molecule has 0 unspecified atom stereocenters. The molecule has 0 aliphatic carbocycles. The molecule has 0 amide bonds. The van der Waals surface area contributed by atoms with Crippen LogP contribution in [0.1, 0.15) is 11.1 Å². The Labute approximate surface area is 117 Å². The quantitative estimate of drug-likeness (QED) is 0.864. The molecule has 2 N–H and O–H groups in total. The van der Waals surface area contributed by atoms with E-state index in [1.54, 1.807) is 18.2 Å². The summed E-state index contributed by atoms with van der Waals surface area (Å²) in [7, 11) is 1.93. The zero-order chi connectivity index (χ0) is 13.8. The molecule has 2 aromatic carbocycles. The molecule has 0 radical (unpaired) electrons. The predicted molar refractivity (Wildman–Crippen MR) is 77.4 cm³/mol. The van der Waals surface area contributed by atoms with Gasteiger partial charge in [0.2, 0.25) is 0 Å². The van der Waals surface area contributed by atoms with Gasteiger partial charge in [-0.3, -0.25) is 4.90 Å². The smallest absolute Gasteiger partial charge is 0.127 e. The van der Waals surface area contributed by atoms with E-state index < -0.39 is 0 Å². The van der Waals surface area contributed by atoms with Gasteiger partial charge in [0.05, 0.1) is 0 Å². The molecule has 4 heteroatoms. The monoisotopic (exact) mass is 278 g/mol. The molecule has 100 valence electrons. The second-order valence-electron chi connectivity index (χ2n) is 4.61. The van der Waals surface area contributed by atoms with Crippen LogP contribution < -0.4 is 5.73 Å². The summed E-state index contributed by atoms with van der Waals surface area (Å²) in [5.74, 6) is -0.183. The molecule has 2 rings (SSSR count). The molecule has 0 fully saturated rings. The number of benzene rings is 2. The van der Waals surface area contributed by atoms with Crippen molar-refractivity contribution in [2.75, 3.05) is 12.8 Å². The Bertz CT molecular complexity index is 572. The highest BCUT2D eigenvalue weighted by molar-refractivity contribution is 6.31. The third-order valence-electron chi connectivity index (χ3n) is 2.92. The summed E-state index contributed by atoms with van der Waals surface area (Å²) in [6.07, 6.45) is 0. The largest absolute Gasteiger partial charge is 0.399 e. The number of rotatable bonds is 4. The normalized spacial score (nSPS) is 10.9. The lowest BCUT2D eigenvalue weighted by Crippen LogP contribution is -2.18. The van der Waals surface area contributed by atoms with Gasteiger partial charge in [0.1, 0.15) is 5.82 Å². The van der Waals surface area contributed by atoms with Crippen molar-refractivity contribution < 1.29 is 4.39 Å². The summed E-state index contributed by atoms with van der Waals surface area (Å²) in [4.78, 5) is 2.01. The van der Waals surface area contributed by atoms with E-state index in [-0.39, 0.29) is 5.82 Å². The minimum atomic E-state index is -0.183. The minimum absolute atomic E-state index is 0.183. The maximum Gasteiger partial charge on any atom is 0.127 e. The van der Waals surface area contributed by atoms with Crippen molar-refractivity contribution >= 4 is 17.3 Å². The molecule has 0 atom stereocenters. The van der Waals surface area contributed by atoms with Crippen molar-refractivity contribution in [2.45, 2.75) is 13.1 Å². The fourth-order valence-corrected chi connectivity index (χ4v) is 2.20. The highest BCUT2D eigenvalue weighted by Gasteiger charge is 2.08. The first kappa shape index (κ1) is 13.8. The van der Waals surface area contributed by atoms with Crippen LogP contribution in [0.15, 0.2) is 42.5 Å². The first-order chi connectivity index (χ1) is 9.06. The molecule has 0 heterocycles. The maximum atomic E-state index is 13.6. The molecule has 2 aromatic rings. The lowest BCUT2D eigenvalue weighted by molar-refractivity contribution is 0.313. The van der Waals surface area contributed by atoms with E-state index in [1.807, 2.05) is 30.1 Å². The van der Waals surface area contributed by atoms with Crippen molar-refractivity contribution in [3.63, 3.8) is 0 Å². The van der Waals surface area contributed by atoms with Gasteiger partial charge in [-0.2, -0.15) is 0 Å². The van der Waals surface area contributed by atoms with E-state index in [4.69, 9.17) is 17.3 Å². The average Bonchev–Trinajstić information content (AvgIpc) is 2.36. The van der Waals surface area contributed by atoms with Crippen LogP contribution in [-0.4, -0.2) is 11.9 Å². The molecule has 0 bridgehead atoms. The summed E-state index contributed by atoms with van der Waals surface area (Å²) >= 11 is 6.13. The zero-order valence-electron chi connectivity index (χ0n) is 10.7. The Morgan fingerprint density at radius 2 is 1.79 bits per heavy atom. The maximum absolute atomic E-state index is 13.6. The lowest BCUT2D eigenvalue weighted by Gasteiger charge is -2.18. The van der Waals surface area contributed by atoms with Gasteiger partial charge < -0.3 is 5.73 Å². The molecule has 0 aliphatic rings. The van der Waals surface area contributed by atoms with Gasteiger partial charge >= 0.3 is 0 Å².